The second-order valence-corrected chi connectivity index (χ2v) is 8.08. The zero-order valence-corrected chi connectivity index (χ0v) is 18.0. The normalized spacial score (nSPS) is 15.1. The fourth-order valence-electron chi connectivity index (χ4n) is 2.59. The molecule has 1 saturated heterocycles. The predicted molar refractivity (Wildman–Crippen MR) is 115 cm³/mol. The van der Waals surface area contributed by atoms with Gasteiger partial charge in [-0.25, -0.2) is 0 Å². The van der Waals surface area contributed by atoms with Crippen molar-refractivity contribution in [1.29, 1.82) is 0 Å². The van der Waals surface area contributed by atoms with Gasteiger partial charge < -0.3 is 15.2 Å². The number of ether oxygens (including phenoxy) is 1. The third-order valence-electron chi connectivity index (χ3n) is 4.10. The number of aryl methyl sites for hydroxylation is 1. The van der Waals surface area contributed by atoms with Crippen LogP contribution in [-0.4, -0.2) is 40.7 Å². The molecule has 0 aromatic heterocycles. The average Bonchev–Trinajstić information content (AvgIpc) is 2.93. The maximum Gasteiger partial charge on any atom is 0.294 e. The van der Waals surface area contributed by atoms with Crippen molar-refractivity contribution in [2.24, 2.45) is 0 Å². The largest absolute Gasteiger partial charge is 0.504 e. The number of halogens is 1. The van der Waals surface area contributed by atoms with Gasteiger partial charge in [0.2, 0.25) is 5.91 Å². The Bertz CT molecular complexity index is 1020. The van der Waals surface area contributed by atoms with Gasteiger partial charge in [0, 0.05) is 10.2 Å². The van der Waals surface area contributed by atoms with E-state index in [-0.39, 0.29) is 22.9 Å². The second-order valence-electron chi connectivity index (χ2n) is 6.23. The van der Waals surface area contributed by atoms with E-state index in [2.05, 4.69) is 21.2 Å². The number of carbonyl (C=O) groups excluding carboxylic acids is 3. The number of thioether (sulfide) groups is 1. The summed E-state index contributed by atoms with van der Waals surface area (Å²) >= 11 is 4.05. The molecule has 3 rings (SSSR count). The number of methoxy groups -OCH3 is 1. The number of carbonyl (C=O) groups is 3. The monoisotopic (exact) mass is 476 g/mol. The Morgan fingerprint density at radius 3 is 2.62 bits per heavy atom. The van der Waals surface area contributed by atoms with Gasteiger partial charge in [0.25, 0.3) is 11.1 Å². The number of hydrogen-bond donors (Lipinski definition) is 2. The first kappa shape index (κ1) is 20.9. The number of hydrogen-bond acceptors (Lipinski definition) is 6. The summed E-state index contributed by atoms with van der Waals surface area (Å²) in [6.45, 7) is 1.55. The van der Waals surface area contributed by atoms with E-state index >= 15 is 0 Å². The van der Waals surface area contributed by atoms with Crippen molar-refractivity contribution in [2.45, 2.75) is 6.92 Å². The third kappa shape index (κ3) is 4.80. The molecule has 29 heavy (non-hydrogen) atoms. The molecule has 1 aliphatic rings. The van der Waals surface area contributed by atoms with Crippen molar-refractivity contribution in [3.63, 3.8) is 0 Å². The van der Waals surface area contributed by atoms with Crippen molar-refractivity contribution in [1.82, 2.24) is 4.90 Å². The van der Waals surface area contributed by atoms with Gasteiger partial charge in [-0.1, -0.05) is 33.6 Å². The van der Waals surface area contributed by atoms with Crippen LogP contribution in [0.1, 0.15) is 11.1 Å². The Kier molecular flexibility index (Phi) is 6.29. The molecule has 0 atom stereocenters. The van der Waals surface area contributed by atoms with Gasteiger partial charge in [0.05, 0.1) is 12.0 Å². The fraction of sp³-hybridized carbons (Fsp3) is 0.150. The Labute approximate surface area is 179 Å². The highest BCUT2D eigenvalue weighted by atomic mass is 79.9. The van der Waals surface area contributed by atoms with Crippen LogP contribution in [0.4, 0.5) is 10.5 Å². The number of imide groups is 1. The maximum absolute atomic E-state index is 12.6. The van der Waals surface area contributed by atoms with Crippen molar-refractivity contribution in [3.05, 3.63) is 56.9 Å². The summed E-state index contributed by atoms with van der Waals surface area (Å²) in [6, 6.07) is 10.2. The zero-order chi connectivity index (χ0) is 21.1. The number of nitrogens with zero attached hydrogens (tertiary/aromatic N) is 1. The molecule has 2 N–H and O–H groups in total. The lowest BCUT2D eigenvalue weighted by molar-refractivity contribution is -0.127. The standard InChI is InChI=1S/C20H17BrN2O5S/c1-11-3-5-13(6-4-11)22-18(25)10-23-19(26)17(29-20(23)27)8-12-7-16(28-2)15(24)9-14(12)21/h3-9,24H,10H2,1-2H3,(H,22,25)/b17-8-. The molecule has 0 saturated carbocycles. The van der Waals surface area contributed by atoms with Crippen LogP contribution in [0.15, 0.2) is 45.8 Å². The lowest BCUT2D eigenvalue weighted by Gasteiger charge is -2.12. The number of phenolic OH excluding ortho intramolecular Hbond substituents is 1. The van der Waals surface area contributed by atoms with Crippen molar-refractivity contribution < 1.29 is 24.2 Å². The Balaban J connectivity index is 1.75. The van der Waals surface area contributed by atoms with E-state index in [1.807, 2.05) is 19.1 Å². The molecule has 1 aliphatic heterocycles. The number of rotatable bonds is 5. The van der Waals surface area contributed by atoms with Gasteiger partial charge in [-0.3, -0.25) is 19.3 Å². The quantitative estimate of drug-likeness (QED) is 0.629. The molecule has 1 fully saturated rings. The molecule has 0 unspecified atom stereocenters. The summed E-state index contributed by atoms with van der Waals surface area (Å²) in [5.74, 6) is -0.851. The number of anilines is 1. The van der Waals surface area contributed by atoms with Gasteiger partial charge >= 0.3 is 0 Å². The zero-order valence-electron chi connectivity index (χ0n) is 15.6. The molecule has 0 radical (unpaired) electrons. The first-order valence-corrected chi connectivity index (χ1v) is 10.1. The molecule has 2 aromatic carbocycles. The van der Waals surface area contributed by atoms with Crippen LogP contribution in [0, 0.1) is 6.92 Å². The number of nitrogens with one attached hydrogen (secondary N) is 1. The van der Waals surface area contributed by atoms with Crippen LogP contribution in [-0.2, 0) is 9.59 Å². The third-order valence-corrected chi connectivity index (χ3v) is 5.69. The molecular weight excluding hydrogens is 460 g/mol. The minimum absolute atomic E-state index is 0.0580. The van der Waals surface area contributed by atoms with E-state index in [0.29, 0.717) is 15.7 Å². The number of phenols is 1. The first-order chi connectivity index (χ1) is 13.8. The van der Waals surface area contributed by atoms with Gasteiger partial charge in [-0.15, -0.1) is 0 Å². The van der Waals surface area contributed by atoms with Crippen LogP contribution < -0.4 is 10.1 Å². The van der Waals surface area contributed by atoms with E-state index in [1.54, 1.807) is 12.1 Å². The molecule has 0 spiro atoms. The van der Waals surface area contributed by atoms with Gasteiger partial charge in [0.15, 0.2) is 11.5 Å². The Hall–Kier alpha value is -2.78. The van der Waals surface area contributed by atoms with Crippen LogP contribution in [0.2, 0.25) is 0 Å². The van der Waals surface area contributed by atoms with Crippen LogP contribution in [0.25, 0.3) is 6.08 Å². The summed E-state index contributed by atoms with van der Waals surface area (Å²) in [7, 11) is 1.41. The highest BCUT2D eigenvalue weighted by Crippen LogP contribution is 2.37. The lowest BCUT2D eigenvalue weighted by Crippen LogP contribution is -2.36. The summed E-state index contributed by atoms with van der Waals surface area (Å²) < 4.78 is 5.60. The average molecular weight is 477 g/mol. The number of amides is 3. The highest BCUT2D eigenvalue weighted by molar-refractivity contribution is 9.10. The summed E-state index contributed by atoms with van der Waals surface area (Å²) in [5.41, 5.74) is 2.19. The molecule has 2 aromatic rings. The molecule has 7 nitrogen and oxygen atoms in total. The SMILES string of the molecule is COc1cc(/C=C2\SC(=O)N(CC(=O)Nc3ccc(C)cc3)C2=O)c(Br)cc1O. The minimum atomic E-state index is -0.557. The number of benzene rings is 2. The molecular formula is C20H17BrN2O5S. The fourth-order valence-corrected chi connectivity index (χ4v) is 3.87. The maximum atomic E-state index is 12.6. The van der Waals surface area contributed by atoms with Crippen molar-refractivity contribution in [3.8, 4) is 11.5 Å². The van der Waals surface area contributed by atoms with Crippen LogP contribution in [0.5, 0.6) is 11.5 Å². The molecule has 0 aliphatic carbocycles. The van der Waals surface area contributed by atoms with E-state index in [9.17, 15) is 19.5 Å². The van der Waals surface area contributed by atoms with E-state index in [0.717, 1.165) is 22.2 Å². The van der Waals surface area contributed by atoms with Crippen molar-refractivity contribution in [2.75, 3.05) is 19.0 Å². The summed E-state index contributed by atoms with van der Waals surface area (Å²) in [5, 5.41) is 11.9. The summed E-state index contributed by atoms with van der Waals surface area (Å²) in [6.07, 6.45) is 1.51. The minimum Gasteiger partial charge on any atom is -0.504 e. The van der Waals surface area contributed by atoms with E-state index < -0.39 is 17.1 Å². The Morgan fingerprint density at radius 1 is 1.28 bits per heavy atom. The molecule has 9 heteroatoms. The molecule has 0 bridgehead atoms. The van der Waals surface area contributed by atoms with Gasteiger partial charge in [0.1, 0.15) is 6.54 Å². The molecule has 1 heterocycles. The van der Waals surface area contributed by atoms with Crippen LogP contribution in [0.3, 0.4) is 0 Å². The number of aromatic hydroxyl groups is 1. The lowest BCUT2D eigenvalue weighted by atomic mass is 10.2. The second kappa shape index (κ2) is 8.71. The topological polar surface area (TPSA) is 95.9 Å². The first-order valence-electron chi connectivity index (χ1n) is 8.47. The summed E-state index contributed by atoms with van der Waals surface area (Å²) in [4.78, 5) is 38.2. The van der Waals surface area contributed by atoms with E-state index in [1.165, 1.54) is 25.3 Å². The Morgan fingerprint density at radius 2 is 1.97 bits per heavy atom. The molecule has 3 amide bonds. The molecule has 150 valence electrons. The predicted octanol–water partition coefficient (Wildman–Crippen LogP) is 4.15. The smallest absolute Gasteiger partial charge is 0.294 e. The highest BCUT2D eigenvalue weighted by Gasteiger charge is 2.36. The van der Waals surface area contributed by atoms with E-state index in [4.69, 9.17) is 4.74 Å². The van der Waals surface area contributed by atoms with Crippen molar-refractivity contribution >= 4 is 56.5 Å². The van der Waals surface area contributed by atoms with Crippen LogP contribution >= 0.6 is 27.7 Å². The van der Waals surface area contributed by atoms with Gasteiger partial charge in [-0.05, 0) is 54.6 Å². The van der Waals surface area contributed by atoms with Gasteiger partial charge in [-0.2, -0.15) is 0 Å².